The third kappa shape index (κ3) is 6.05. The second kappa shape index (κ2) is 10.6. The number of nitrogens with one attached hydrogen (secondary N) is 3. The summed E-state index contributed by atoms with van der Waals surface area (Å²) in [6.07, 6.45) is 0.833. The molecule has 0 spiro atoms. The molecule has 2 rings (SSSR count). The number of nitro groups is 1. The highest BCUT2D eigenvalue weighted by molar-refractivity contribution is 6.34. The fourth-order valence-electron chi connectivity index (χ4n) is 3.06. The molecule has 8 nitrogen and oxygen atoms in total. The molecule has 0 aromatic heterocycles. The van der Waals surface area contributed by atoms with Gasteiger partial charge < -0.3 is 16.0 Å². The van der Waals surface area contributed by atoms with Crippen LogP contribution < -0.4 is 16.0 Å². The van der Waals surface area contributed by atoms with Crippen LogP contribution in [0.3, 0.4) is 0 Å². The summed E-state index contributed by atoms with van der Waals surface area (Å²) >= 11 is 6.01. The van der Waals surface area contributed by atoms with Gasteiger partial charge in [-0.25, -0.2) is 0 Å². The highest BCUT2D eigenvalue weighted by atomic mass is 35.5. The molecule has 0 saturated carbocycles. The summed E-state index contributed by atoms with van der Waals surface area (Å²) in [4.78, 5) is 35.5. The second-order valence-corrected chi connectivity index (χ2v) is 7.61. The number of carbonyl (C=O) groups excluding carboxylic acids is 2. The van der Waals surface area contributed by atoms with E-state index in [2.05, 4.69) is 22.9 Å². The number of rotatable bonds is 6. The molecule has 1 saturated heterocycles. The van der Waals surface area contributed by atoms with Gasteiger partial charge in [-0.2, -0.15) is 0 Å². The van der Waals surface area contributed by atoms with E-state index in [-0.39, 0.29) is 46.5 Å². The minimum absolute atomic E-state index is 0. The highest BCUT2D eigenvalue weighted by Gasteiger charge is 2.30. The number of amides is 2. The molecule has 0 aliphatic carbocycles. The average molecular weight is 433 g/mol. The van der Waals surface area contributed by atoms with E-state index in [1.54, 1.807) is 0 Å². The number of non-ortho nitro benzene ring substituents is 1. The Kier molecular flexibility index (Phi) is 9.13. The molecule has 2 amide bonds. The first-order valence-corrected chi connectivity index (χ1v) is 9.34. The molecule has 1 aliphatic rings. The summed E-state index contributed by atoms with van der Waals surface area (Å²) in [5, 5.41) is 19.8. The lowest BCUT2D eigenvalue weighted by atomic mass is 9.94. The fourth-order valence-corrected chi connectivity index (χ4v) is 3.32. The molecule has 1 aliphatic heterocycles. The van der Waals surface area contributed by atoms with E-state index >= 15 is 0 Å². The SMILES string of the molecule is CC(C)C(NC(=O)c1ccc([N+](=O)[O-])cc1Cl)C(=O)NC1CCNCC1C.Cl. The summed E-state index contributed by atoms with van der Waals surface area (Å²) in [6, 6.07) is 2.95. The van der Waals surface area contributed by atoms with E-state index in [4.69, 9.17) is 11.6 Å². The fraction of sp³-hybridized carbons (Fsp3) is 0.556. The second-order valence-electron chi connectivity index (χ2n) is 7.20. The number of nitro benzene ring substituents is 1. The molecule has 3 atom stereocenters. The monoisotopic (exact) mass is 432 g/mol. The van der Waals surface area contributed by atoms with Crippen LogP contribution in [0.4, 0.5) is 5.69 Å². The maximum atomic E-state index is 12.7. The van der Waals surface area contributed by atoms with E-state index in [0.717, 1.165) is 25.6 Å². The van der Waals surface area contributed by atoms with Crippen molar-refractivity contribution in [1.29, 1.82) is 0 Å². The van der Waals surface area contributed by atoms with Crippen molar-refractivity contribution >= 4 is 41.5 Å². The van der Waals surface area contributed by atoms with E-state index in [0.29, 0.717) is 5.92 Å². The molecule has 28 heavy (non-hydrogen) atoms. The molecular formula is C18H26Cl2N4O4. The summed E-state index contributed by atoms with van der Waals surface area (Å²) < 4.78 is 0. The van der Waals surface area contributed by atoms with E-state index in [9.17, 15) is 19.7 Å². The molecule has 10 heteroatoms. The van der Waals surface area contributed by atoms with Crippen molar-refractivity contribution in [2.75, 3.05) is 13.1 Å². The predicted octanol–water partition coefficient (Wildman–Crippen LogP) is 2.54. The first-order valence-electron chi connectivity index (χ1n) is 8.96. The van der Waals surface area contributed by atoms with Gasteiger partial charge in [0.2, 0.25) is 5.91 Å². The molecular weight excluding hydrogens is 407 g/mol. The number of nitrogens with zero attached hydrogens (tertiary/aromatic N) is 1. The third-order valence-corrected chi connectivity index (χ3v) is 5.07. The molecule has 1 aromatic rings. The number of benzene rings is 1. The summed E-state index contributed by atoms with van der Waals surface area (Å²) in [5.41, 5.74) is -0.106. The summed E-state index contributed by atoms with van der Waals surface area (Å²) in [6.45, 7) is 7.42. The van der Waals surface area contributed by atoms with Gasteiger partial charge in [0.1, 0.15) is 6.04 Å². The Bertz CT molecular complexity index is 730. The van der Waals surface area contributed by atoms with Crippen molar-refractivity contribution < 1.29 is 14.5 Å². The Hall–Kier alpha value is -1.90. The number of hydrogen-bond donors (Lipinski definition) is 3. The van der Waals surface area contributed by atoms with Crippen LogP contribution in [0.5, 0.6) is 0 Å². The van der Waals surface area contributed by atoms with Crippen LogP contribution in [0.1, 0.15) is 37.6 Å². The molecule has 0 radical (unpaired) electrons. The molecule has 3 N–H and O–H groups in total. The van der Waals surface area contributed by atoms with Crippen LogP contribution in [0.25, 0.3) is 0 Å². The summed E-state index contributed by atoms with van der Waals surface area (Å²) in [7, 11) is 0. The lowest BCUT2D eigenvalue weighted by molar-refractivity contribution is -0.384. The Morgan fingerprint density at radius 3 is 2.57 bits per heavy atom. The maximum Gasteiger partial charge on any atom is 0.270 e. The largest absolute Gasteiger partial charge is 0.351 e. The topological polar surface area (TPSA) is 113 Å². The lowest BCUT2D eigenvalue weighted by Gasteiger charge is -2.32. The zero-order valence-electron chi connectivity index (χ0n) is 16.0. The van der Waals surface area contributed by atoms with E-state index < -0.39 is 16.9 Å². The van der Waals surface area contributed by atoms with Crippen molar-refractivity contribution in [1.82, 2.24) is 16.0 Å². The molecule has 0 bridgehead atoms. The minimum Gasteiger partial charge on any atom is -0.351 e. The van der Waals surface area contributed by atoms with Crippen molar-refractivity contribution in [3.8, 4) is 0 Å². The molecule has 3 unspecified atom stereocenters. The summed E-state index contributed by atoms with van der Waals surface area (Å²) in [5.74, 6) is -0.615. The van der Waals surface area contributed by atoms with Crippen LogP contribution >= 0.6 is 24.0 Å². The zero-order valence-corrected chi connectivity index (χ0v) is 17.6. The van der Waals surface area contributed by atoms with Gasteiger partial charge in [0.05, 0.1) is 15.5 Å². The van der Waals surface area contributed by atoms with Gasteiger partial charge in [0.15, 0.2) is 0 Å². The van der Waals surface area contributed by atoms with Gasteiger partial charge in [-0.05, 0) is 37.4 Å². The van der Waals surface area contributed by atoms with Gasteiger partial charge in [0.25, 0.3) is 11.6 Å². The first-order chi connectivity index (χ1) is 12.7. The number of piperidine rings is 1. The Morgan fingerprint density at radius 1 is 1.36 bits per heavy atom. The maximum absolute atomic E-state index is 12.7. The predicted molar refractivity (Wildman–Crippen MR) is 110 cm³/mol. The van der Waals surface area contributed by atoms with Crippen LogP contribution in [0.15, 0.2) is 18.2 Å². The van der Waals surface area contributed by atoms with Gasteiger partial charge in [-0.1, -0.05) is 32.4 Å². The van der Waals surface area contributed by atoms with Gasteiger partial charge in [-0.3, -0.25) is 19.7 Å². The normalized spacial score (nSPS) is 20.0. The van der Waals surface area contributed by atoms with Crippen molar-refractivity contribution in [3.05, 3.63) is 38.9 Å². The van der Waals surface area contributed by atoms with Gasteiger partial charge >= 0.3 is 0 Å². The van der Waals surface area contributed by atoms with Crippen molar-refractivity contribution in [2.24, 2.45) is 11.8 Å². The standard InChI is InChI=1S/C18H25ClN4O4.ClH/c1-10(2)16(18(25)21-15-6-7-20-9-11(15)3)22-17(24)13-5-4-12(23(26)27)8-14(13)19;/h4-5,8,10-11,15-16,20H,6-7,9H2,1-3H3,(H,21,25)(H,22,24);1H. The van der Waals surface area contributed by atoms with Crippen LogP contribution in [-0.4, -0.2) is 41.9 Å². The number of hydrogen-bond acceptors (Lipinski definition) is 5. The number of halogens is 2. The first kappa shape index (κ1) is 24.1. The number of carbonyl (C=O) groups is 2. The minimum atomic E-state index is -0.731. The average Bonchev–Trinajstić information content (AvgIpc) is 2.60. The smallest absolute Gasteiger partial charge is 0.270 e. The van der Waals surface area contributed by atoms with Gasteiger partial charge in [0, 0.05) is 18.2 Å². The van der Waals surface area contributed by atoms with Crippen molar-refractivity contribution in [3.63, 3.8) is 0 Å². The highest BCUT2D eigenvalue weighted by Crippen LogP contribution is 2.23. The lowest BCUT2D eigenvalue weighted by Crippen LogP contribution is -2.55. The quantitative estimate of drug-likeness (QED) is 0.471. The Balaban J connectivity index is 0.00000392. The molecule has 1 aromatic carbocycles. The molecule has 156 valence electrons. The Morgan fingerprint density at radius 2 is 2.04 bits per heavy atom. The van der Waals surface area contributed by atoms with Crippen LogP contribution in [0, 0.1) is 22.0 Å². The van der Waals surface area contributed by atoms with Gasteiger partial charge in [-0.15, -0.1) is 12.4 Å². The van der Waals surface area contributed by atoms with Crippen molar-refractivity contribution in [2.45, 2.75) is 39.3 Å². The van der Waals surface area contributed by atoms with E-state index in [1.807, 2.05) is 13.8 Å². The molecule has 1 fully saturated rings. The van der Waals surface area contributed by atoms with Crippen LogP contribution in [0.2, 0.25) is 5.02 Å². The Labute approximate surface area is 175 Å². The third-order valence-electron chi connectivity index (χ3n) is 4.76. The van der Waals surface area contributed by atoms with E-state index in [1.165, 1.54) is 12.1 Å². The zero-order chi connectivity index (χ0) is 20.1. The molecule has 1 heterocycles. The van der Waals surface area contributed by atoms with Crippen LogP contribution in [-0.2, 0) is 4.79 Å².